The van der Waals surface area contributed by atoms with Gasteiger partial charge in [-0.25, -0.2) is 0 Å². The predicted octanol–water partition coefficient (Wildman–Crippen LogP) is 1.08. The number of rotatable bonds is 3. The lowest BCUT2D eigenvalue weighted by atomic mass is 9.94. The summed E-state index contributed by atoms with van der Waals surface area (Å²) < 4.78 is 0. The molecule has 0 bridgehead atoms. The number of hydrogen-bond donors (Lipinski definition) is 2. The summed E-state index contributed by atoms with van der Waals surface area (Å²) in [6, 6.07) is 7.74. The van der Waals surface area contributed by atoms with Crippen LogP contribution in [0.5, 0.6) is 0 Å². The van der Waals surface area contributed by atoms with Gasteiger partial charge in [0, 0.05) is 10.6 Å². The number of hydrogen-bond acceptors (Lipinski definition) is 3. The molecule has 1 aromatic rings. The first-order valence-electron chi connectivity index (χ1n) is 4.95. The number of primary amides is 1. The third-order valence-electron chi connectivity index (χ3n) is 2.70. The van der Waals surface area contributed by atoms with Gasteiger partial charge in [-0.2, -0.15) is 0 Å². The Hall–Kier alpha value is -1.00. The standard InChI is InChI=1S/C11H14N2OS/c12-9(11(13)14)5-7-6-15-10-4-2-1-3-8(7)10/h1-4,7,9H,5-6,12H2,(H2,13,14). The van der Waals surface area contributed by atoms with Crippen molar-refractivity contribution in [1.82, 2.24) is 0 Å². The molecule has 0 saturated carbocycles. The maximum absolute atomic E-state index is 10.9. The Kier molecular flexibility index (Phi) is 2.98. The largest absolute Gasteiger partial charge is 0.368 e. The highest BCUT2D eigenvalue weighted by molar-refractivity contribution is 7.99. The topological polar surface area (TPSA) is 69.1 Å². The molecule has 0 aliphatic carbocycles. The molecule has 15 heavy (non-hydrogen) atoms. The first kappa shape index (κ1) is 10.5. The van der Waals surface area contributed by atoms with Crippen molar-refractivity contribution in [2.45, 2.75) is 23.3 Å². The molecule has 1 amide bonds. The number of carbonyl (C=O) groups excluding carboxylic acids is 1. The van der Waals surface area contributed by atoms with Crippen LogP contribution in [0.15, 0.2) is 29.2 Å². The van der Waals surface area contributed by atoms with E-state index in [1.54, 1.807) is 0 Å². The summed E-state index contributed by atoms with van der Waals surface area (Å²) in [7, 11) is 0. The van der Waals surface area contributed by atoms with E-state index in [0.29, 0.717) is 12.3 Å². The molecular formula is C11H14N2OS. The van der Waals surface area contributed by atoms with E-state index in [1.165, 1.54) is 10.5 Å². The van der Waals surface area contributed by atoms with E-state index in [1.807, 2.05) is 23.9 Å². The zero-order valence-corrected chi connectivity index (χ0v) is 9.17. The Bertz CT molecular complexity index is 381. The number of amides is 1. The highest BCUT2D eigenvalue weighted by atomic mass is 32.2. The van der Waals surface area contributed by atoms with Gasteiger partial charge in [-0.15, -0.1) is 11.8 Å². The van der Waals surface area contributed by atoms with Crippen LogP contribution in [0.3, 0.4) is 0 Å². The van der Waals surface area contributed by atoms with E-state index in [-0.39, 0.29) is 0 Å². The summed E-state index contributed by atoms with van der Waals surface area (Å²) in [5.74, 6) is 0.957. The van der Waals surface area contributed by atoms with Gasteiger partial charge in [-0.05, 0) is 24.0 Å². The van der Waals surface area contributed by atoms with Crippen molar-refractivity contribution in [2.24, 2.45) is 11.5 Å². The second-order valence-corrected chi connectivity index (χ2v) is 4.85. The van der Waals surface area contributed by atoms with Crippen LogP contribution in [0.4, 0.5) is 0 Å². The summed E-state index contributed by atoms with van der Waals surface area (Å²) >= 11 is 1.82. The third-order valence-corrected chi connectivity index (χ3v) is 3.95. The van der Waals surface area contributed by atoms with E-state index < -0.39 is 11.9 Å². The smallest absolute Gasteiger partial charge is 0.234 e. The lowest BCUT2D eigenvalue weighted by Crippen LogP contribution is -2.37. The lowest BCUT2D eigenvalue weighted by Gasteiger charge is -2.13. The van der Waals surface area contributed by atoms with E-state index in [0.717, 1.165) is 5.75 Å². The lowest BCUT2D eigenvalue weighted by molar-refractivity contribution is -0.119. The average Bonchev–Trinajstić information content (AvgIpc) is 2.62. The molecule has 2 atom stereocenters. The summed E-state index contributed by atoms with van der Waals surface area (Å²) in [6.45, 7) is 0. The number of thioether (sulfide) groups is 1. The summed E-state index contributed by atoms with van der Waals surface area (Å²) in [5.41, 5.74) is 12.1. The molecule has 4 N–H and O–H groups in total. The molecule has 0 aromatic heterocycles. The molecule has 0 radical (unpaired) electrons. The van der Waals surface area contributed by atoms with Crippen LogP contribution in [0.2, 0.25) is 0 Å². The zero-order chi connectivity index (χ0) is 10.8. The Balaban J connectivity index is 2.11. The van der Waals surface area contributed by atoms with Crippen LogP contribution in [-0.4, -0.2) is 17.7 Å². The minimum absolute atomic E-state index is 0.369. The molecule has 3 nitrogen and oxygen atoms in total. The fourth-order valence-electron chi connectivity index (χ4n) is 1.85. The zero-order valence-electron chi connectivity index (χ0n) is 8.35. The fourth-order valence-corrected chi connectivity index (χ4v) is 3.12. The molecule has 4 heteroatoms. The summed E-state index contributed by atoms with van der Waals surface area (Å²) in [4.78, 5) is 12.2. The van der Waals surface area contributed by atoms with Crippen LogP contribution in [0, 0.1) is 0 Å². The molecule has 1 aliphatic heterocycles. The highest BCUT2D eigenvalue weighted by Gasteiger charge is 2.25. The van der Waals surface area contributed by atoms with Gasteiger partial charge in [0.05, 0.1) is 6.04 Å². The van der Waals surface area contributed by atoms with Crippen LogP contribution in [0.1, 0.15) is 17.9 Å². The van der Waals surface area contributed by atoms with Crippen LogP contribution in [0.25, 0.3) is 0 Å². The van der Waals surface area contributed by atoms with E-state index in [9.17, 15) is 4.79 Å². The summed E-state index contributed by atoms with van der Waals surface area (Å²) in [5, 5.41) is 0. The molecule has 80 valence electrons. The van der Waals surface area contributed by atoms with Gasteiger partial charge in [0.15, 0.2) is 0 Å². The molecule has 0 spiro atoms. The molecule has 2 rings (SSSR count). The Labute approximate surface area is 93.2 Å². The number of nitrogens with two attached hydrogens (primary N) is 2. The normalized spacial score (nSPS) is 21.0. The number of fused-ring (bicyclic) bond motifs is 1. The van der Waals surface area contributed by atoms with Gasteiger partial charge >= 0.3 is 0 Å². The van der Waals surface area contributed by atoms with Gasteiger partial charge in [-0.3, -0.25) is 4.79 Å². The van der Waals surface area contributed by atoms with E-state index in [4.69, 9.17) is 11.5 Å². The molecule has 0 fully saturated rings. The average molecular weight is 222 g/mol. The monoisotopic (exact) mass is 222 g/mol. The fraction of sp³-hybridized carbons (Fsp3) is 0.364. The minimum Gasteiger partial charge on any atom is -0.368 e. The quantitative estimate of drug-likeness (QED) is 0.804. The van der Waals surface area contributed by atoms with E-state index >= 15 is 0 Å². The van der Waals surface area contributed by atoms with Gasteiger partial charge in [0.1, 0.15) is 0 Å². The van der Waals surface area contributed by atoms with Crippen molar-refractivity contribution in [2.75, 3.05) is 5.75 Å². The van der Waals surface area contributed by atoms with Crippen LogP contribution >= 0.6 is 11.8 Å². The summed E-state index contributed by atoms with van der Waals surface area (Å²) in [6.07, 6.45) is 0.652. The SMILES string of the molecule is NC(=O)C(N)CC1CSc2ccccc21. The van der Waals surface area contributed by atoms with Crippen molar-refractivity contribution < 1.29 is 4.79 Å². The maximum atomic E-state index is 10.9. The minimum atomic E-state index is -0.526. The van der Waals surface area contributed by atoms with Gasteiger partial charge in [-0.1, -0.05) is 18.2 Å². The van der Waals surface area contributed by atoms with Crippen molar-refractivity contribution >= 4 is 17.7 Å². The second kappa shape index (κ2) is 4.24. The Morgan fingerprint density at radius 3 is 3.00 bits per heavy atom. The first-order valence-corrected chi connectivity index (χ1v) is 5.93. The van der Waals surface area contributed by atoms with Crippen molar-refractivity contribution in [1.29, 1.82) is 0 Å². The molecule has 0 saturated heterocycles. The van der Waals surface area contributed by atoms with Crippen LogP contribution in [-0.2, 0) is 4.79 Å². The first-order chi connectivity index (χ1) is 7.18. The second-order valence-electron chi connectivity index (χ2n) is 3.79. The van der Waals surface area contributed by atoms with Gasteiger partial charge in [0.2, 0.25) is 5.91 Å². The van der Waals surface area contributed by atoms with Crippen molar-refractivity contribution in [3.8, 4) is 0 Å². The molecule has 1 aromatic carbocycles. The molecular weight excluding hydrogens is 208 g/mol. The number of benzene rings is 1. The van der Waals surface area contributed by atoms with E-state index in [2.05, 4.69) is 12.1 Å². The molecule has 1 heterocycles. The Morgan fingerprint density at radius 2 is 2.27 bits per heavy atom. The van der Waals surface area contributed by atoms with Gasteiger partial charge < -0.3 is 11.5 Å². The maximum Gasteiger partial charge on any atom is 0.234 e. The highest BCUT2D eigenvalue weighted by Crippen LogP contribution is 2.41. The predicted molar refractivity (Wildman–Crippen MR) is 61.7 cm³/mol. The Morgan fingerprint density at radius 1 is 1.53 bits per heavy atom. The molecule has 1 aliphatic rings. The van der Waals surface area contributed by atoms with Crippen molar-refractivity contribution in [3.63, 3.8) is 0 Å². The molecule has 2 unspecified atom stereocenters. The van der Waals surface area contributed by atoms with Crippen molar-refractivity contribution in [3.05, 3.63) is 29.8 Å². The third kappa shape index (κ3) is 2.16. The van der Waals surface area contributed by atoms with Crippen LogP contribution < -0.4 is 11.5 Å². The number of carbonyl (C=O) groups is 1. The van der Waals surface area contributed by atoms with Gasteiger partial charge in [0.25, 0.3) is 0 Å².